The number of thioether (sulfide) groups is 1. The molecule has 0 aliphatic rings. The summed E-state index contributed by atoms with van der Waals surface area (Å²) < 4.78 is 0. The van der Waals surface area contributed by atoms with Crippen LogP contribution in [0.15, 0.2) is 24.3 Å². The van der Waals surface area contributed by atoms with Gasteiger partial charge in [-0.3, -0.25) is 4.79 Å². The van der Waals surface area contributed by atoms with Crippen molar-refractivity contribution >= 4 is 17.7 Å². The van der Waals surface area contributed by atoms with Crippen molar-refractivity contribution < 1.29 is 9.90 Å². The van der Waals surface area contributed by atoms with Gasteiger partial charge in [0.2, 0.25) is 0 Å². The van der Waals surface area contributed by atoms with E-state index in [2.05, 4.69) is 11.6 Å². The van der Waals surface area contributed by atoms with Crippen LogP contribution >= 0.6 is 11.8 Å². The van der Waals surface area contributed by atoms with Crippen molar-refractivity contribution in [2.45, 2.75) is 19.3 Å². The molecule has 0 radical (unpaired) electrons. The number of benzene rings is 1. The summed E-state index contributed by atoms with van der Waals surface area (Å²) in [6, 6.07) is 6.40. The van der Waals surface area contributed by atoms with Crippen LogP contribution in [0.1, 0.15) is 29.6 Å². The summed E-state index contributed by atoms with van der Waals surface area (Å²) in [5.74, 6) is 1.18. The molecule has 2 N–H and O–H groups in total. The molecular formula is C13H19NO2S. The number of carbonyl (C=O) groups is 1. The van der Waals surface area contributed by atoms with Crippen molar-refractivity contribution in [1.29, 1.82) is 0 Å². The summed E-state index contributed by atoms with van der Waals surface area (Å²) in [6.07, 6.45) is 5.44. The highest BCUT2D eigenvalue weighted by molar-refractivity contribution is 7.98. The van der Waals surface area contributed by atoms with Gasteiger partial charge in [-0.25, -0.2) is 0 Å². The molecule has 94 valence electrons. The topological polar surface area (TPSA) is 49.3 Å². The first kappa shape index (κ1) is 13.9. The molecule has 0 fully saturated rings. The minimum Gasteiger partial charge on any atom is -0.508 e. The van der Waals surface area contributed by atoms with E-state index in [0.717, 1.165) is 12.8 Å². The van der Waals surface area contributed by atoms with Gasteiger partial charge in [0, 0.05) is 12.1 Å². The molecule has 1 aromatic rings. The standard InChI is InChI=1S/C13H19NO2S/c1-17-9-4-2-3-8-14-13(16)11-6-5-7-12(15)10-11/h5-7,10,15H,2-4,8-9H2,1H3,(H,14,16). The number of hydrogen-bond acceptors (Lipinski definition) is 3. The first-order valence-corrected chi connectivity index (χ1v) is 7.19. The fourth-order valence-electron chi connectivity index (χ4n) is 1.50. The van der Waals surface area contributed by atoms with E-state index < -0.39 is 0 Å². The van der Waals surface area contributed by atoms with E-state index in [1.165, 1.54) is 18.2 Å². The number of nitrogens with one attached hydrogen (secondary N) is 1. The van der Waals surface area contributed by atoms with Gasteiger partial charge < -0.3 is 10.4 Å². The fraction of sp³-hybridized carbons (Fsp3) is 0.462. The molecule has 4 heteroatoms. The second-order valence-corrected chi connectivity index (χ2v) is 4.85. The van der Waals surface area contributed by atoms with Crippen molar-refractivity contribution in [3.05, 3.63) is 29.8 Å². The van der Waals surface area contributed by atoms with E-state index in [1.54, 1.807) is 18.2 Å². The molecule has 0 atom stereocenters. The smallest absolute Gasteiger partial charge is 0.251 e. The number of phenolic OH excluding ortho intramolecular Hbond substituents is 1. The molecule has 0 aliphatic heterocycles. The number of hydrogen-bond donors (Lipinski definition) is 2. The molecule has 0 bridgehead atoms. The van der Waals surface area contributed by atoms with Crippen LogP contribution in [-0.2, 0) is 0 Å². The lowest BCUT2D eigenvalue weighted by atomic mass is 10.2. The molecule has 17 heavy (non-hydrogen) atoms. The SMILES string of the molecule is CSCCCCCNC(=O)c1cccc(O)c1. The van der Waals surface area contributed by atoms with Crippen LogP contribution in [0.4, 0.5) is 0 Å². The van der Waals surface area contributed by atoms with E-state index in [1.807, 2.05) is 11.8 Å². The van der Waals surface area contributed by atoms with E-state index in [0.29, 0.717) is 12.1 Å². The first-order chi connectivity index (χ1) is 8.24. The van der Waals surface area contributed by atoms with Crippen LogP contribution in [0.2, 0.25) is 0 Å². The molecule has 3 nitrogen and oxygen atoms in total. The van der Waals surface area contributed by atoms with Gasteiger partial charge in [0.1, 0.15) is 5.75 Å². The highest BCUT2D eigenvalue weighted by Crippen LogP contribution is 2.10. The van der Waals surface area contributed by atoms with Gasteiger partial charge in [-0.1, -0.05) is 12.5 Å². The molecule has 0 heterocycles. The Labute approximate surface area is 107 Å². The normalized spacial score (nSPS) is 10.2. The second kappa shape index (κ2) is 8.01. The summed E-state index contributed by atoms with van der Waals surface area (Å²) in [5.41, 5.74) is 0.508. The van der Waals surface area contributed by atoms with Crippen molar-refractivity contribution in [2.75, 3.05) is 18.6 Å². The van der Waals surface area contributed by atoms with Crippen molar-refractivity contribution in [3.63, 3.8) is 0 Å². The number of unbranched alkanes of at least 4 members (excludes halogenated alkanes) is 2. The van der Waals surface area contributed by atoms with Gasteiger partial charge in [0.25, 0.3) is 5.91 Å². The third kappa shape index (κ3) is 5.63. The molecule has 0 saturated carbocycles. The molecular weight excluding hydrogens is 234 g/mol. The van der Waals surface area contributed by atoms with Gasteiger partial charge >= 0.3 is 0 Å². The maximum absolute atomic E-state index is 11.7. The Balaban J connectivity index is 2.21. The monoisotopic (exact) mass is 253 g/mol. The predicted octanol–water partition coefficient (Wildman–Crippen LogP) is 2.66. The van der Waals surface area contributed by atoms with Gasteiger partial charge in [0.15, 0.2) is 0 Å². The second-order valence-electron chi connectivity index (χ2n) is 3.86. The molecule has 1 amide bonds. The number of rotatable bonds is 7. The average molecular weight is 253 g/mol. The highest BCUT2D eigenvalue weighted by atomic mass is 32.2. The van der Waals surface area contributed by atoms with Crippen LogP contribution in [0, 0.1) is 0 Å². The lowest BCUT2D eigenvalue weighted by Gasteiger charge is -2.05. The van der Waals surface area contributed by atoms with E-state index in [9.17, 15) is 9.90 Å². The predicted molar refractivity (Wildman–Crippen MR) is 72.7 cm³/mol. The summed E-state index contributed by atoms with van der Waals surface area (Å²) in [4.78, 5) is 11.7. The number of aromatic hydroxyl groups is 1. The van der Waals surface area contributed by atoms with Gasteiger partial charge in [0.05, 0.1) is 0 Å². The third-order valence-electron chi connectivity index (χ3n) is 2.42. The lowest BCUT2D eigenvalue weighted by molar-refractivity contribution is 0.0952. The Bertz CT molecular complexity index is 355. The maximum atomic E-state index is 11.7. The van der Waals surface area contributed by atoms with Crippen molar-refractivity contribution in [1.82, 2.24) is 5.32 Å². The molecule has 0 aliphatic carbocycles. The Morgan fingerprint density at radius 2 is 2.18 bits per heavy atom. The largest absolute Gasteiger partial charge is 0.508 e. The average Bonchev–Trinajstić information content (AvgIpc) is 2.33. The summed E-state index contributed by atoms with van der Waals surface area (Å²) in [7, 11) is 0. The van der Waals surface area contributed by atoms with Crippen LogP contribution in [0.5, 0.6) is 5.75 Å². The Morgan fingerprint density at radius 1 is 1.35 bits per heavy atom. The van der Waals surface area contributed by atoms with E-state index in [4.69, 9.17) is 0 Å². The van der Waals surface area contributed by atoms with Gasteiger partial charge in [-0.05, 0) is 43.0 Å². The molecule has 0 saturated heterocycles. The van der Waals surface area contributed by atoms with Crippen molar-refractivity contribution in [2.24, 2.45) is 0 Å². The lowest BCUT2D eigenvalue weighted by Crippen LogP contribution is -2.24. The number of phenols is 1. The zero-order valence-electron chi connectivity index (χ0n) is 10.1. The quantitative estimate of drug-likeness (QED) is 0.734. The summed E-state index contributed by atoms with van der Waals surface area (Å²) in [6.45, 7) is 0.697. The number of amides is 1. The molecule has 0 unspecified atom stereocenters. The zero-order chi connectivity index (χ0) is 12.5. The van der Waals surface area contributed by atoms with E-state index in [-0.39, 0.29) is 11.7 Å². The molecule has 1 rings (SSSR count). The Hall–Kier alpha value is -1.16. The highest BCUT2D eigenvalue weighted by Gasteiger charge is 2.04. The molecule has 0 aromatic heterocycles. The molecule has 0 spiro atoms. The van der Waals surface area contributed by atoms with Crippen LogP contribution in [0.25, 0.3) is 0 Å². The maximum Gasteiger partial charge on any atom is 0.251 e. The third-order valence-corrected chi connectivity index (χ3v) is 3.12. The minimum atomic E-state index is -0.120. The summed E-state index contributed by atoms with van der Waals surface area (Å²) >= 11 is 1.85. The van der Waals surface area contributed by atoms with Crippen LogP contribution in [0.3, 0.4) is 0 Å². The zero-order valence-corrected chi connectivity index (χ0v) is 10.9. The van der Waals surface area contributed by atoms with Crippen molar-refractivity contribution in [3.8, 4) is 5.75 Å². The van der Waals surface area contributed by atoms with E-state index >= 15 is 0 Å². The Kier molecular flexibility index (Phi) is 6.55. The minimum absolute atomic E-state index is 0.120. The van der Waals surface area contributed by atoms with Gasteiger partial charge in [-0.2, -0.15) is 11.8 Å². The fourth-order valence-corrected chi connectivity index (χ4v) is 1.99. The Morgan fingerprint density at radius 3 is 2.88 bits per heavy atom. The van der Waals surface area contributed by atoms with Crippen LogP contribution in [-0.4, -0.2) is 29.6 Å². The van der Waals surface area contributed by atoms with Crippen LogP contribution < -0.4 is 5.32 Å². The first-order valence-electron chi connectivity index (χ1n) is 5.80. The summed E-state index contributed by atoms with van der Waals surface area (Å²) in [5, 5.41) is 12.1. The molecule has 1 aromatic carbocycles. The number of carbonyl (C=O) groups excluding carboxylic acids is 1. The van der Waals surface area contributed by atoms with Gasteiger partial charge in [-0.15, -0.1) is 0 Å².